The summed E-state index contributed by atoms with van der Waals surface area (Å²) in [7, 11) is 1.53. The smallest absolute Gasteiger partial charge is 0.231 e. The second-order valence-electron chi connectivity index (χ2n) is 6.21. The van der Waals surface area contributed by atoms with Crippen molar-refractivity contribution in [3.8, 4) is 23.0 Å². The van der Waals surface area contributed by atoms with E-state index in [0.29, 0.717) is 25.4 Å². The van der Waals surface area contributed by atoms with Crippen molar-refractivity contribution in [3.63, 3.8) is 0 Å². The lowest BCUT2D eigenvalue weighted by Crippen LogP contribution is -2.30. The predicted octanol–water partition coefficient (Wildman–Crippen LogP) is 2.51. The molecule has 0 amide bonds. The lowest BCUT2D eigenvalue weighted by Gasteiger charge is -2.24. The molecule has 0 unspecified atom stereocenters. The fraction of sp³-hybridized carbons (Fsp3) is 0.368. The fourth-order valence-corrected chi connectivity index (χ4v) is 2.93. The number of hydrogen-bond donors (Lipinski definition) is 2. The first-order chi connectivity index (χ1) is 12.0. The number of phenols is 1. The summed E-state index contributed by atoms with van der Waals surface area (Å²) in [5.41, 5.74) is 2.08. The van der Waals surface area contributed by atoms with Gasteiger partial charge in [-0.2, -0.15) is 0 Å². The summed E-state index contributed by atoms with van der Waals surface area (Å²) in [6.45, 7) is 3.83. The molecule has 1 heterocycles. The van der Waals surface area contributed by atoms with E-state index in [1.54, 1.807) is 13.0 Å². The number of aliphatic hydroxyl groups is 1. The number of rotatable bonds is 7. The van der Waals surface area contributed by atoms with Crippen LogP contribution in [0.4, 0.5) is 0 Å². The summed E-state index contributed by atoms with van der Waals surface area (Å²) < 4.78 is 15.9. The van der Waals surface area contributed by atoms with E-state index in [9.17, 15) is 10.2 Å². The van der Waals surface area contributed by atoms with Crippen LogP contribution in [-0.2, 0) is 13.1 Å². The summed E-state index contributed by atoms with van der Waals surface area (Å²) >= 11 is 0. The summed E-state index contributed by atoms with van der Waals surface area (Å²) in [6, 6.07) is 11.2. The van der Waals surface area contributed by atoms with Gasteiger partial charge in [-0.1, -0.05) is 12.1 Å². The number of phenolic OH excluding ortho intramolecular Hbond substituents is 1. The highest BCUT2D eigenvalue weighted by Gasteiger charge is 2.16. The van der Waals surface area contributed by atoms with Gasteiger partial charge in [0.15, 0.2) is 23.0 Å². The number of ether oxygens (including phenoxy) is 3. The molecule has 3 rings (SSSR count). The van der Waals surface area contributed by atoms with Gasteiger partial charge in [-0.15, -0.1) is 0 Å². The molecule has 1 aliphatic rings. The molecule has 0 aromatic heterocycles. The monoisotopic (exact) mass is 345 g/mol. The van der Waals surface area contributed by atoms with E-state index >= 15 is 0 Å². The van der Waals surface area contributed by atoms with Crippen molar-refractivity contribution in [1.82, 2.24) is 4.90 Å². The first-order valence-corrected chi connectivity index (χ1v) is 8.20. The lowest BCUT2D eigenvalue weighted by atomic mass is 10.1. The molecule has 2 N–H and O–H groups in total. The molecule has 0 bridgehead atoms. The normalized spacial score (nSPS) is 13.9. The average molecular weight is 345 g/mol. The molecule has 25 heavy (non-hydrogen) atoms. The number of hydrogen-bond acceptors (Lipinski definition) is 6. The van der Waals surface area contributed by atoms with Gasteiger partial charge in [-0.3, -0.25) is 4.90 Å². The minimum absolute atomic E-state index is 0.115. The molecule has 2 aromatic carbocycles. The molecular weight excluding hydrogens is 322 g/mol. The third-order valence-electron chi connectivity index (χ3n) is 4.02. The topological polar surface area (TPSA) is 71.4 Å². The number of nitrogens with zero attached hydrogens (tertiary/aromatic N) is 1. The van der Waals surface area contributed by atoms with Gasteiger partial charge < -0.3 is 24.4 Å². The van der Waals surface area contributed by atoms with E-state index in [-0.39, 0.29) is 12.5 Å². The van der Waals surface area contributed by atoms with E-state index in [2.05, 4.69) is 4.90 Å². The molecule has 6 nitrogen and oxygen atoms in total. The Kier molecular flexibility index (Phi) is 5.31. The maximum atomic E-state index is 9.83. The molecule has 0 saturated carbocycles. The number of aromatic hydroxyl groups is 1. The molecule has 0 spiro atoms. The highest BCUT2D eigenvalue weighted by atomic mass is 16.7. The Hall–Kier alpha value is -2.44. The largest absolute Gasteiger partial charge is 0.504 e. The van der Waals surface area contributed by atoms with Gasteiger partial charge in [0.2, 0.25) is 6.79 Å². The highest BCUT2D eigenvalue weighted by Crippen LogP contribution is 2.33. The van der Waals surface area contributed by atoms with E-state index in [1.807, 2.05) is 30.3 Å². The van der Waals surface area contributed by atoms with Crippen LogP contribution in [0.3, 0.4) is 0 Å². The molecule has 0 saturated heterocycles. The van der Waals surface area contributed by atoms with Crippen LogP contribution in [0, 0.1) is 0 Å². The van der Waals surface area contributed by atoms with Crippen molar-refractivity contribution < 1.29 is 24.4 Å². The SMILES string of the molecule is COc1cc(CN(Cc2ccc3c(c2)OCO3)C[C@H](C)O)ccc1O. The molecular formula is C19H23NO5. The summed E-state index contributed by atoms with van der Waals surface area (Å²) in [6.07, 6.45) is -0.451. The summed E-state index contributed by atoms with van der Waals surface area (Å²) in [5.74, 6) is 2.07. The van der Waals surface area contributed by atoms with Gasteiger partial charge in [0.05, 0.1) is 13.2 Å². The number of fused-ring (bicyclic) bond motifs is 1. The van der Waals surface area contributed by atoms with Crippen molar-refractivity contribution >= 4 is 0 Å². The molecule has 0 fully saturated rings. The zero-order chi connectivity index (χ0) is 17.8. The van der Waals surface area contributed by atoms with Crippen LogP contribution in [-0.4, -0.2) is 41.7 Å². The number of aliphatic hydroxyl groups excluding tert-OH is 1. The van der Waals surface area contributed by atoms with Gasteiger partial charge in [-0.05, 0) is 42.3 Å². The van der Waals surface area contributed by atoms with E-state index < -0.39 is 6.10 Å². The van der Waals surface area contributed by atoms with E-state index in [1.165, 1.54) is 7.11 Å². The Morgan fingerprint density at radius 3 is 2.48 bits per heavy atom. The maximum absolute atomic E-state index is 9.83. The summed E-state index contributed by atoms with van der Waals surface area (Å²) in [4.78, 5) is 2.13. The molecule has 0 aliphatic carbocycles. The Labute approximate surface area is 147 Å². The van der Waals surface area contributed by atoms with Crippen LogP contribution >= 0.6 is 0 Å². The van der Waals surface area contributed by atoms with Crippen LogP contribution in [0.15, 0.2) is 36.4 Å². The first-order valence-electron chi connectivity index (χ1n) is 8.20. The molecule has 0 radical (unpaired) electrons. The van der Waals surface area contributed by atoms with Crippen molar-refractivity contribution in [3.05, 3.63) is 47.5 Å². The lowest BCUT2D eigenvalue weighted by molar-refractivity contribution is 0.118. The van der Waals surface area contributed by atoms with Crippen LogP contribution in [0.5, 0.6) is 23.0 Å². The van der Waals surface area contributed by atoms with Crippen molar-refractivity contribution in [1.29, 1.82) is 0 Å². The number of methoxy groups -OCH3 is 1. The highest BCUT2D eigenvalue weighted by molar-refractivity contribution is 5.44. The van der Waals surface area contributed by atoms with Crippen molar-refractivity contribution in [2.75, 3.05) is 20.4 Å². The summed E-state index contributed by atoms with van der Waals surface area (Å²) in [5, 5.41) is 19.6. The molecule has 1 aliphatic heterocycles. The van der Waals surface area contributed by atoms with Gasteiger partial charge in [0, 0.05) is 19.6 Å². The minimum atomic E-state index is -0.451. The Morgan fingerprint density at radius 2 is 1.76 bits per heavy atom. The van der Waals surface area contributed by atoms with Crippen LogP contribution in [0.1, 0.15) is 18.1 Å². The van der Waals surface area contributed by atoms with Crippen molar-refractivity contribution in [2.45, 2.75) is 26.1 Å². The molecule has 1 atom stereocenters. The van der Waals surface area contributed by atoms with Gasteiger partial charge in [0.25, 0.3) is 0 Å². The Balaban J connectivity index is 1.75. The van der Waals surface area contributed by atoms with Crippen LogP contribution < -0.4 is 14.2 Å². The zero-order valence-corrected chi connectivity index (χ0v) is 14.4. The predicted molar refractivity (Wildman–Crippen MR) is 93.0 cm³/mol. The third-order valence-corrected chi connectivity index (χ3v) is 4.02. The first kappa shape index (κ1) is 17.4. The molecule has 134 valence electrons. The van der Waals surface area contributed by atoms with Gasteiger partial charge in [-0.25, -0.2) is 0 Å². The van der Waals surface area contributed by atoms with Crippen LogP contribution in [0.2, 0.25) is 0 Å². The molecule has 2 aromatic rings. The Bertz CT molecular complexity index is 719. The Morgan fingerprint density at radius 1 is 1.08 bits per heavy atom. The number of benzene rings is 2. The average Bonchev–Trinajstić information content (AvgIpc) is 3.03. The minimum Gasteiger partial charge on any atom is -0.504 e. The fourth-order valence-electron chi connectivity index (χ4n) is 2.93. The van der Waals surface area contributed by atoms with E-state index in [4.69, 9.17) is 14.2 Å². The zero-order valence-electron chi connectivity index (χ0n) is 14.4. The van der Waals surface area contributed by atoms with Crippen LogP contribution in [0.25, 0.3) is 0 Å². The maximum Gasteiger partial charge on any atom is 0.231 e. The second kappa shape index (κ2) is 7.63. The van der Waals surface area contributed by atoms with Gasteiger partial charge in [0.1, 0.15) is 0 Å². The standard InChI is InChI=1S/C19H23NO5/c1-13(21)9-20(10-14-3-5-16(22)18(7-14)23-2)11-15-4-6-17-19(8-15)25-12-24-17/h3-8,13,21-22H,9-12H2,1-2H3/t13-/m0/s1. The van der Waals surface area contributed by atoms with Crippen molar-refractivity contribution in [2.24, 2.45) is 0 Å². The quantitative estimate of drug-likeness (QED) is 0.803. The second-order valence-corrected chi connectivity index (χ2v) is 6.21. The molecule has 6 heteroatoms. The van der Waals surface area contributed by atoms with Gasteiger partial charge >= 0.3 is 0 Å². The third kappa shape index (κ3) is 4.35. The van der Waals surface area contributed by atoms with E-state index in [0.717, 1.165) is 22.6 Å².